The number of carbonyl (C=O) groups is 1. The molecule has 0 aliphatic heterocycles. The second kappa shape index (κ2) is 6.36. The molecule has 2 aromatic carbocycles. The molecule has 0 aliphatic carbocycles. The van der Waals surface area contributed by atoms with Crippen molar-refractivity contribution in [3.8, 4) is 5.75 Å². The van der Waals surface area contributed by atoms with Crippen molar-refractivity contribution >= 4 is 25.1 Å². The SMILES string of the molecule is CC(C)(C)[Si](C)(C)Oc1ccc2cc(CCC(=O)O)ccc2c1. The van der Waals surface area contributed by atoms with Gasteiger partial charge in [-0.15, -0.1) is 0 Å². The van der Waals surface area contributed by atoms with Gasteiger partial charge in [0.15, 0.2) is 0 Å². The van der Waals surface area contributed by atoms with Crippen molar-refractivity contribution in [2.24, 2.45) is 0 Å². The fourth-order valence-corrected chi connectivity index (χ4v) is 3.21. The first-order valence-corrected chi connectivity index (χ1v) is 10.9. The molecule has 1 N–H and O–H groups in total. The highest BCUT2D eigenvalue weighted by Gasteiger charge is 2.38. The van der Waals surface area contributed by atoms with Crippen LogP contribution in [0.25, 0.3) is 10.8 Å². The predicted octanol–water partition coefficient (Wildman–Crippen LogP) is 5.24. The predicted molar refractivity (Wildman–Crippen MR) is 97.7 cm³/mol. The third kappa shape index (κ3) is 4.35. The lowest BCUT2D eigenvalue weighted by Gasteiger charge is -2.36. The third-order valence-electron chi connectivity index (χ3n) is 4.68. The summed E-state index contributed by atoms with van der Waals surface area (Å²) in [6, 6.07) is 12.3. The Bertz CT molecular complexity index is 714. The van der Waals surface area contributed by atoms with E-state index in [1.165, 1.54) is 0 Å². The van der Waals surface area contributed by atoms with Gasteiger partial charge in [-0.3, -0.25) is 4.79 Å². The molecule has 0 heterocycles. The largest absolute Gasteiger partial charge is 0.543 e. The Labute approximate surface area is 139 Å². The summed E-state index contributed by atoms with van der Waals surface area (Å²) in [7, 11) is -1.83. The van der Waals surface area contributed by atoms with Crippen molar-refractivity contribution in [2.75, 3.05) is 0 Å². The van der Waals surface area contributed by atoms with Crippen LogP contribution in [0.5, 0.6) is 5.75 Å². The Morgan fingerprint density at radius 2 is 1.70 bits per heavy atom. The van der Waals surface area contributed by atoms with Crippen LogP contribution in [0, 0.1) is 0 Å². The minimum absolute atomic E-state index is 0.165. The van der Waals surface area contributed by atoms with Gasteiger partial charge in [0.05, 0.1) is 0 Å². The van der Waals surface area contributed by atoms with Crippen molar-refractivity contribution in [3.05, 3.63) is 42.0 Å². The molecular formula is C19H26O3Si. The smallest absolute Gasteiger partial charge is 0.303 e. The first-order chi connectivity index (χ1) is 10.6. The Balaban J connectivity index is 2.23. The zero-order valence-electron chi connectivity index (χ0n) is 14.6. The molecule has 4 heteroatoms. The Hall–Kier alpha value is -1.81. The maximum atomic E-state index is 10.7. The molecule has 23 heavy (non-hydrogen) atoms. The number of carboxylic acid groups (broad SMARTS) is 1. The molecule has 124 valence electrons. The van der Waals surface area contributed by atoms with E-state index in [1.54, 1.807) is 0 Å². The summed E-state index contributed by atoms with van der Waals surface area (Å²) in [4.78, 5) is 10.7. The highest BCUT2D eigenvalue weighted by atomic mass is 28.4. The monoisotopic (exact) mass is 330 g/mol. The van der Waals surface area contributed by atoms with Gasteiger partial charge >= 0.3 is 5.97 Å². The van der Waals surface area contributed by atoms with Gasteiger partial charge in [-0.05, 0) is 53.0 Å². The quantitative estimate of drug-likeness (QED) is 0.762. The van der Waals surface area contributed by atoms with Gasteiger partial charge in [0, 0.05) is 6.42 Å². The fourth-order valence-electron chi connectivity index (χ4n) is 2.19. The molecule has 0 aromatic heterocycles. The molecule has 2 rings (SSSR count). The molecule has 0 saturated carbocycles. The van der Waals surface area contributed by atoms with Crippen LogP contribution in [-0.2, 0) is 11.2 Å². The van der Waals surface area contributed by atoms with Crippen LogP contribution in [0.1, 0.15) is 32.8 Å². The second-order valence-corrected chi connectivity index (χ2v) is 12.3. The van der Waals surface area contributed by atoms with Crippen molar-refractivity contribution < 1.29 is 14.3 Å². The molecule has 0 unspecified atom stereocenters. The van der Waals surface area contributed by atoms with E-state index in [1.807, 2.05) is 18.2 Å². The van der Waals surface area contributed by atoms with Crippen molar-refractivity contribution in [3.63, 3.8) is 0 Å². The number of carboxylic acids is 1. The molecule has 0 radical (unpaired) electrons. The summed E-state index contributed by atoms with van der Waals surface area (Å²) in [5.74, 6) is 0.158. The molecule has 0 amide bonds. The number of aryl methyl sites for hydroxylation is 1. The van der Waals surface area contributed by atoms with E-state index in [4.69, 9.17) is 9.53 Å². The average molecular weight is 330 g/mol. The van der Waals surface area contributed by atoms with E-state index >= 15 is 0 Å². The summed E-state index contributed by atoms with van der Waals surface area (Å²) in [6.45, 7) is 11.2. The Morgan fingerprint density at radius 3 is 2.30 bits per heavy atom. The summed E-state index contributed by atoms with van der Waals surface area (Å²) < 4.78 is 6.34. The van der Waals surface area contributed by atoms with E-state index in [0.717, 1.165) is 22.1 Å². The molecule has 0 aliphatic rings. The summed E-state index contributed by atoms with van der Waals surface area (Å²) in [5, 5.41) is 11.2. The molecular weight excluding hydrogens is 304 g/mol. The fraction of sp³-hybridized carbons (Fsp3) is 0.421. The molecule has 0 atom stereocenters. The lowest BCUT2D eigenvalue weighted by Crippen LogP contribution is -2.43. The first-order valence-electron chi connectivity index (χ1n) is 8.02. The van der Waals surface area contributed by atoms with Gasteiger partial charge in [-0.1, -0.05) is 45.0 Å². The van der Waals surface area contributed by atoms with Crippen LogP contribution in [0.3, 0.4) is 0 Å². The molecule has 3 nitrogen and oxygen atoms in total. The van der Waals surface area contributed by atoms with E-state index in [2.05, 4.69) is 52.1 Å². The summed E-state index contributed by atoms with van der Waals surface area (Å²) in [6.07, 6.45) is 0.728. The van der Waals surface area contributed by atoms with Gasteiger partial charge in [0.1, 0.15) is 5.75 Å². The van der Waals surface area contributed by atoms with E-state index in [9.17, 15) is 4.79 Å². The number of hydrogen-bond acceptors (Lipinski definition) is 2. The number of benzene rings is 2. The van der Waals surface area contributed by atoms with Gasteiger partial charge in [0.2, 0.25) is 8.32 Å². The van der Waals surface area contributed by atoms with Crippen LogP contribution in [0.2, 0.25) is 18.1 Å². The molecule has 0 bridgehead atoms. The minimum Gasteiger partial charge on any atom is -0.543 e. The standard InChI is InChI=1S/C19H26O3Si/c1-19(2,3)23(4,5)22-17-10-9-15-12-14(7-11-18(20)21)6-8-16(15)13-17/h6,8-10,12-13H,7,11H2,1-5H3,(H,20,21). The van der Waals surface area contributed by atoms with Gasteiger partial charge in [0.25, 0.3) is 0 Å². The van der Waals surface area contributed by atoms with Crippen molar-refractivity contribution in [1.82, 2.24) is 0 Å². The molecule has 0 saturated heterocycles. The van der Waals surface area contributed by atoms with Crippen LogP contribution in [0.15, 0.2) is 36.4 Å². The zero-order chi connectivity index (χ0) is 17.3. The summed E-state index contributed by atoms with van der Waals surface area (Å²) >= 11 is 0. The number of fused-ring (bicyclic) bond motifs is 1. The normalized spacial score (nSPS) is 12.4. The van der Waals surface area contributed by atoms with Gasteiger partial charge < -0.3 is 9.53 Å². The number of rotatable bonds is 5. The maximum absolute atomic E-state index is 10.7. The molecule has 2 aromatic rings. The second-order valence-electron chi connectivity index (χ2n) is 7.60. The topological polar surface area (TPSA) is 46.5 Å². The molecule has 0 spiro atoms. The Kier molecular flexibility index (Phi) is 4.85. The van der Waals surface area contributed by atoms with E-state index in [-0.39, 0.29) is 11.5 Å². The molecule has 0 fully saturated rings. The number of hydrogen-bond donors (Lipinski definition) is 1. The Morgan fingerprint density at radius 1 is 1.09 bits per heavy atom. The third-order valence-corrected chi connectivity index (χ3v) is 9.04. The van der Waals surface area contributed by atoms with E-state index < -0.39 is 14.3 Å². The number of aliphatic carboxylic acids is 1. The van der Waals surface area contributed by atoms with Crippen LogP contribution >= 0.6 is 0 Å². The average Bonchev–Trinajstić information content (AvgIpc) is 2.43. The lowest BCUT2D eigenvalue weighted by molar-refractivity contribution is -0.136. The maximum Gasteiger partial charge on any atom is 0.303 e. The van der Waals surface area contributed by atoms with E-state index in [0.29, 0.717) is 6.42 Å². The van der Waals surface area contributed by atoms with Crippen LogP contribution in [-0.4, -0.2) is 19.4 Å². The van der Waals surface area contributed by atoms with Crippen molar-refractivity contribution in [1.29, 1.82) is 0 Å². The first kappa shape index (κ1) is 17.5. The highest BCUT2D eigenvalue weighted by Crippen LogP contribution is 2.37. The van der Waals surface area contributed by atoms with Gasteiger partial charge in [-0.25, -0.2) is 0 Å². The van der Waals surface area contributed by atoms with Crippen LogP contribution in [0.4, 0.5) is 0 Å². The van der Waals surface area contributed by atoms with Gasteiger partial charge in [-0.2, -0.15) is 0 Å². The highest BCUT2D eigenvalue weighted by molar-refractivity contribution is 6.74. The minimum atomic E-state index is -1.83. The summed E-state index contributed by atoms with van der Waals surface area (Å²) in [5.41, 5.74) is 1.05. The zero-order valence-corrected chi connectivity index (χ0v) is 15.6. The van der Waals surface area contributed by atoms with Crippen LogP contribution < -0.4 is 4.43 Å². The lowest BCUT2D eigenvalue weighted by atomic mass is 10.0. The van der Waals surface area contributed by atoms with Crippen molar-refractivity contribution in [2.45, 2.75) is 51.7 Å².